The van der Waals surface area contributed by atoms with Crippen LogP contribution in [0.3, 0.4) is 0 Å². The molecule has 0 radical (unpaired) electrons. The van der Waals surface area contributed by atoms with E-state index in [4.69, 9.17) is 9.68 Å². The third-order valence-electron chi connectivity index (χ3n) is 4.68. The van der Waals surface area contributed by atoms with Gasteiger partial charge in [0.05, 0.1) is 19.7 Å². The van der Waals surface area contributed by atoms with E-state index < -0.39 is 17.9 Å². The van der Waals surface area contributed by atoms with Crippen molar-refractivity contribution in [3.63, 3.8) is 0 Å². The van der Waals surface area contributed by atoms with Crippen molar-refractivity contribution < 1.29 is 23.5 Å². The number of benzene rings is 1. The van der Waals surface area contributed by atoms with Gasteiger partial charge in [0.1, 0.15) is 18.0 Å². The van der Waals surface area contributed by atoms with Gasteiger partial charge in [-0.25, -0.2) is 9.59 Å². The maximum atomic E-state index is 12.8. The summed E-state index contributed by atoms with van der Waals surface area (Å²) in [6.45, 7) is 0.0341. The van der Waals surface area contributed by atoms with Crippen LogP contribution in [0.15, 0.2) is 52.7 Å². The molecule has 0 unspecified atom stereocenters. The van der Waals surface area contributed by atoms with E-state index in [1.54, 1.807) is 16.8 Å². The molecule has 1 fully saturated rings. The standard InChI is InChI=1S/C21H16N4O5/c1-29-20(27)18-7-6-14(30-18)12-25-19(26)16(23-21(25)28)10-13-11-24(9-8-22)17-5-3-2-4-15(13)17/h2-7,10-11H,9,12H2,1H3,(H,23,28). The van der Waals surface area contributed by atoms with Gasteiger partial charge in [-0.15, -0.1) is 0 Å². The zero-order valence-electron chi connectivity index (χ0n) is 15.9. The molecule has 3 aromatic rings. The Hall–Kier alpha value is -4.32. The smallest absolute Gasteiger partial charge is 0.373 e. The number of para-hydroxylation sites is 1. The number of carbonyl (C=O) groups is 3. The number of hydrogen-bond acceptors (Lipinski definition) is 6. The van der Waals surface area contributed by atoms with E-state index in [0.717, 1.165) is 15.8 Å². The summed E-state index contributed by atoms with van der Waals surface area (Å²) >= 11 is 0. The van der Waals surface area contributed by atoms with Crippen molar-refractivity contribution in [3.8, 4) is 6.07 Å². The van der Waals surface area contributed by atoms with Crippen LogP contribution in [-0.2, 0) is 22.6 Å². The lowest BCUT2D eigenvalue weighted by atomic mass is 10.1. The third kappa shape index (κ3) is 3.31. The molecule has 1 saturated heterocycles. The first-order valence-corrected chi connectivity index (χ1v) is 8.98. The number of imide groups is 1. The Balaban J connectivity index is 1.61. The van der Waals surface area contributed by atoms with E-state index >= 15 is 0 Å². The van der Waals surface area contributed by atoms with E-state index in [0.29, 0.717) is 5.56 Å². The number of nitrogens with zero attached hydrogens (tertiary/aromatic N) is 3. The molecule has 9 heteroatoms. The van der Waals surface area contributed by atoms with Crippen molar-refractivity contribution in [2.45, 2.75) is 13.1 Å². The average Bonchev–Trinajstić information content (AvgIpc) is 3.42. The molecule has 0 saturated carbocycles. The Morgan fingerprint density at radius 2 is 2.07 bits per heavy atom. The van der Waals surface area contributed by atoms with Crippen molar-refractivity contribution in [2.75, 3.05) is 7.11 Å². The highest BCUT2D eigenvalue weighted by Gasteiger charge is 2.34. The molecule has 3 heterocycles. The van der Waals surface area contributed by atoms with Gasteiger partial charge in [-0.3, -0.25) is 9.69 Å². The molecule has 30 heavy (non-hydrogen) atoms. The molecule has 0 atom stereocenters. The summed E-state index contributed by atoms with van der Waals surface area (Å²) in [5, 5.41) is 12.5. The summed E-state index contributed by atoms with van der Waals surface area (Å²) < 4.78 is 11.7. The van der Waals surface area contributed by atoms with Crippen molar-refractivity contribution in [2.24, 2.45) is 0 Å². The lowest BCUT2D eigenvalue weighted by molar-refractivity contribution is -0.123. The number of esters is 1. The number of aromatic nitrogens is 1. The number of amides is 3. The predicted molar refractivity (Wildman–Crippen MR) is 105 cm³/mol. The number of carbonyl (C=O) groups excluding carboxylic acids is 3. The van der Waals surface area contributed by atoms with Crippen LogP contribution in [0.1, 0.15) is 21.9 Å². The normalized spacial score (nSPS) is 14.9. The molecule has 1 N–H and O–H groups in total. The Kier molecular flexibility index (Phi) is 4.82. The summed E-state index contributed by atoms with van der Waals surface area (Å²) in [6.07, 6.45) is 3.34. The molecule has 2 aromatic heterocycles. The molecule has 4 rings (SSSR count). The van der Waals surface area contributed by atoms with Gasteiger partial charge in [-0.2, -0.15) is 5.26 Å². The van der Waals surface area contributed by atoms with Crippen molar-refractivity contribution >= 4 is 34.9 Å². The van der Waals surface area contributed by atoms with E-state index in [2.05, 4.69) is 16.1 Å². The van der Waals surface area contributed by atoms with Gasteiger partial charge >= 0.3 is 12.0 Å². The van der Waals surface area contributed by atoms with Crippen LogP contribution in [0.25, 0.3) is 17.0 Å². The van der Waals surface area contributed by atoms with Gasteiger partial charge in [-0.05, 0) is 24.3 Å². The molecule has 1 aliphatic heterocycles. The van der Waals surface area contributed by atoms with Gasteiger partial charge in [-0.1, -0.05) is 18.2 Å². The highest BCUT2D eigenvalue weighted by Crippen LogP contribution is 2.25. The lowest BCUT2D eigenvalue weighted by Gasteiger charge is -2.09. The highest BCUT2D eigenvalue weighted by molar-refractivity contribution is 6.14. The fraction of sp³-hybridized carbons (Fsp3) is 0.143. The maximum Gasteiger partial charge on any atom is 0.373 e. The predicted octanol–water partition coefficient (Wildman–Crippen LogP) is 2.64. The molecule has 1 aliphatic rings. The number of methoxy groups -OCH3 is 1. The topological polar surface area (TPSA) is 118 Å². The molecule has 0 spiro atoms. The minimum Gasteiger partial charge on any atom is -0.463 e. The number of hydrogen-bond donors (Lipinski definition) is 1. The third-order valence-corrected chi connectivity index (χ3v) is 4.68. The van der Waals surface area contributed by atoms with Crippen molar-refractivity contribution in [1.82, 2.24) is 14.8 Å². The van der Waals surface area contributed by atoms with Crippen LogP contribution in [0, 0.1) is 11.3 Å². The molecule has 3 amide bonds. The second-order valence-corrected chi connectivity index (χ2v) is 6.52. The molecule has 0 bridgehead atoms. The Labute approximate surface area is 170 Å². The Morgan fingerprint density at radius 3 is 2.83 bits per heavy atom. The zero-order valence-corrected chi connectivity index (χ0v) is 15.9. The number of furan rings is 1. The zero-order chi connectivity index (χ0) is 21.3. The van der Waals surface area contributed by atoms with Gasteiger partial charge in [0.25, 0.3) is 5.91 Å². The molecular weight excluding hydrogens is 388 g/mol. The van der Waals surface area contributed by atoms with Gasteiger partial charge in [0.15, 0.2) is 0 Å². The summed E-state index contributed by atoms with van der Waals surface area (Å²) in [6, 6.07) is 11.9. The number of urea groups is 1. The van der Waals surface area contributed by atoms with Gasteiger partial charge < -0.3 is 19.0 Å². The van der Waals surface area contributed by atoms with Crippen LogP contribution < -0.4 is 5.32 Å². The molecule has 0 aliphatic carbocycles. The van der Waals surface area contributed by atoms with Crippen LogP contribution >= 0.6 is 0 Å². The first-order valence-electron chi connectivity index (χ1n) is 8.98. The molecular formula is C21H16N4O5. The SMILES string of the molecule is COC(=O)c1ccc(CN2C(=O)NC(=Cc3cn(CC#N)c4ccccc34)C2=O)o1. The molecule has 9 nitrogen and oxygen atoms in total. The fourth-order valence-corrected chi connectivity index (χ4v) is 3.30. The monoisotopic (exact) mass is 404 g/mol. The van der Waals surface area contributed by atoms with Crippen LogP contribution in [0.4, 0.5) is 4.79 Å². The highest BCUT2D eigenvalue weighted by atomic mass is 16.5. The van der Waals surface area contributed by atoms with E-state index in [1.165, 1.54) is 19.2 Å². The quantitative estimate of drug-likeness (QED) is 0.397. The maximum absolute atomic E-state index is 12.8. The van der Waals surface area contributed by atoms with Crippen molar-refractivity contribution in [1.29, 1.82) is 5.26 Å². The number of ether oxygens (including phenoxy) is 1. The van der Waals surface area contributed by atoms with Crippen LogP contribution in [0.2, 0.25) is 0 Å². The fourth-order valence-electron chi connectivity index (χ4n) is 3.30. The summed E-state index contributed by atoms with van der Waals surface area (Å²) in [4.78, 5) is 37.6. The number of nitrogens with one attached hydrogen (secondary N) is 1. The minimum atomic E-state index is -0.646. The van der Waals surface area contributed by atoms with Gasteiger partial charge in [0, 0.05) is 22.7 Å². The van der Waals surface area contributed by atoms with E-state index in [1.807, 2.05) is 24.3 Å². The largest absolute Gasteiger partial charge is 0.463 e. The van der Waals surface area contributed by atoms with E-state index in [9.17, 15) is 14.4 Å². The number of nitriles is 1. The number of fused-ring (bicyclic) bond motifs is 1. The van der Waals surface area contributed by atoms with Crippen LogP contribution in [0.5, 0.6) is 0 Å². The van der Waals surface area contributed by atoms with Crippen LogP contribution in [-0.4, -0.2) is 34.5 Å². The second kappa shape index (κ2) is 7.60. The Morgan fingerprint density at radius 1 is 1.27 bits per heavy atom. The molecule has 150 valence electrons. The minimum absolute atomic E-state index is 0.0133. The Bertz CT molecular complexity index is 1240. The van der Waals surface area contributed by atoms with Gasteiger partial charge in [0.2, 0.25) is 5.76 Å². The summed E-state index contributed by atoms with van der Waals surface area (Å²) in [5.41, 5.74) is 1.67. The molecule has 1 aromatic carbocycles. The summed E-state index contributed by atoms with van der Waals surface area (Å²) in [7, 11) is 1.23. The number of rotatable bonds is 5. The van der Waals surface area contributed by atoms with Crippen molar-refractivity contribution in [3.05, 3.63) is 65.4 Å². The summed E-state index contributed by atoms with van der Waals surface area (Å²) in [5.74, 6) is -0.910. The average molecular weight is 404 g/mol. The lowest BCUT2D eigenvalue weighted by Crippen LogP contribution is -2.30. The van der Waals surface area contributed by atoms with E-state index in [-0.39, 0.29) is 30.3 Å². The first-order chi connectivity index (χ1) is 14.5. The first kappa shape index (κ1) is 19.0. The second-order valence-electron chi connectivity index (χ2n) is 6.52.